The van der Waals surface area contributed by atoms with E-state index >= 15 is 0 Å². The van der Waals surface area contributed by atoms with Crippen molar-refractivity contribution in [3.63, 3.8) is 0 Å². The van der Waals surface area contributed by atoms with Crippen LogP contribution in [0.5, 0.6) is 5.75 Å². The second-order valence-electron chi connectivity index (χ2n) is 5.28. The Kier molecular flexibility index (Phi) is 4.57. The van der Waals surface area contributed by atoms with Gasteiger partial charge in [-0.15, -0.1) is 0 Å². The van der Waals surface area contributed by atoms with E-state index in [4.69, 9.17) is 9.15 Å². The molecule has 0 radical (unpaired) electrons. The topological polar surface area (TPSA) is 64.4 Å². The summed E-state index contributed by atoms with van der Waals surface area (Å²) >= 11 is 0. The maximum atomic E-state index is 12.0. The summed E-state index contributed by atoms with van der Waals surface area (Å²) in [4.78, 5) is 16.1. The van der Waals surface area contributed by atoms with E-state index in [0.29, 0.717) is 13.0 Å². The Morgan fingerprint density at radius 1 is 1.22 bits per heavy atom. The van der Waals surface area contributed by atoms with Gasteiger partial charge in [0.2, 0.25) is 5.91 Å². The summed E-state index contributed by atoms with van der Waals surface area (Å²) in [6, 6.07) is 13.4. The summed E-state index contributed by atoms with van der Waals surface area (Å²) < 4.78 is 10.4. The number of carbonyl (C=O) groups excluding carboxylic acids is 1. The van der Waals surface area contributed by atoms with E-state index in [-0.39, 0.29) is 5.91 Å². The van der Waals surface area contributed by atoms with Crippen LogP contribution < -0.4 is 10.1 Å². The SMILES string of the molecule is COc1cccc(CC(=O)NCCc2ccc3ncoc3c2)c1. The molecule has 0 aliphatic rings. The van der Waals surface area contributed by atoms with Crippen LogP contribution in [0.15, 0.2) is 53.3 Å². The molecule has 1 aromatic heterocycles. The van der Waals surface area contributed by atoms with E-state index in [1.54, 1.807) is 7.11 Å². The van der Waals surface area contributed by atoms with E-state index in [0.717, 1.165) is 34.4 Å². The minimum absolute atomic E-state index is 0.000929. The molecule has 118 valence electrons. The highest BCUT2D eigenvalue weighted by atomic mass is 16.5. The number of benzene rings is 2. The molecule has 1 heterocycles. The molecule has 0 aliphatic carbocycles. The Bertz CT molecular complexity index is 811. The van der Waals surface area contributed by atoms with Gasteiger partial charge in [-0.25, -0.2) is 4.98 Å². The Hall–Kier alpha value is -2.82. The molecular formula is C18H18N2O3. The highest BCUT2D eigenvalue weighted by Gasteiger charge is 2.05. The molecule has 3 rings (SSSR count). The lowest BCUT2D eigenvalue weighted by atomic mass is 10.1. The van der Waals surface area contributed by atoms with Gasteiger partial charge in [0.1, 0.15) is 11.3 Å². The van der Waals surface area contributed by atoms with Crippen LogP contribution in [0.4, 0.5) is 0 Å². The Morgan fingerprint density at radius 2 is 2.13 bits per heavy atom. The van der Waals surface area contributed by atoms with Crippen LogP contribution in [0.3, 0.4) is 0 Å². The third-order valence-corrected chi connectivity index (χ3v) is 3.63. The molecule has 0 fully saturated rings. The van der Waals surface area contributed by atoms with Crippen LogP contribution in [-0.4, -0.2) is 24.5 Å². The van der Waals surface area contributed by atoms with Gasteiger partial charge in [-0.3, -0.25) is 4.79 Å². The standard InChI is InChI=1S/C18H18N2O3/c1-22-15-4-2-3-14(9-15)11-18(21)19-8-7-13-5-6-16-17(10-13)23-12-20-16/h2-6,9-10,12H,7-8,11H2,1H3,(H,19,21). The Morgan fingerprint density at radius 3 is 3.00 bits per heavy atom. The smallest absolute Gasteiger partial charge is 0.224 e. The minimum atomic E-state index is -0.000929. The van der Waals surface area contributed by atoms with Crippen LogP contribution in [0.25, 0.3) is 11.1 Å². The van der Waals surface area contributed by atoms with Gasteiger partial charge < -0.3 is 14.5 Å². The van der Waals surface area contributed by atoms with Crippen molar-refractivity contribution >= 4 is 17.0 Å². The number of nitrogens with one attached hydrogen (secondary N) is 1. The van der Waals surface area contributed by atoms with Crippen LogP contribution in [0, 0.1) is 0 Å². The zero-order valence-electron chi connectivity index (χ0n) is 12.9. The van der Waals surface area contributed by atoms with Crippen LogP contribution in [0.2, 0.25) is 0 Å². The van der Waals surface area contributed by atoms with Crippen LogP contribution >= 0.6 is 0 Å². The van der Waals surface area contributed by atoms with Crippen molar-refractivity contribution in [2.45, 2.75) is 12.8 Å². The molecule has 0 bridgehead atoms. The number of ether oxygens (including phenoxy) is 1. The van der Waals surface area contributed by atoms with Gasteiger partial charge in [-0.2, -0.15) is 0 Å². The fourth-order valence-electron chi connectivity index (χ4n) is 2.43. The van der Waals surface area contributed by atoms with Gasteiger partial charge >= 0.3 is 0 Å². The maximum Gasteiger partial charge on any atom is 0.224 e. The molecule has 0 atom stereocenters. The number of carbonyl (C=O) groups is 1. The van der Waals surface area contributed by atoms with Gasteiger partial charge in [0.05, 0.1) is 13.5 Å². The van der Waals surface area contributed by atoms with Gasteiger partial charge in [0, 0.05) is 6.54 Å². The van der Waals surface area contributed by atoms with Crippen LogP contribution in [0.1, 0.15) is 11.1 Å². The molecular weight excluding hydrogens is 292 g/mol. The molecule has 23 heavy (non-hydrogen) atoms. The van der Waals surface area contributed by atoms with E-state index in [2.05, 4.69) is 10.3 Å². The Balaban J connectivity index is 1.50. The quantitative estimate of drug-likeness (QED) is 0.760. The zero-order chi connectivity index (χ0) is 16.1. The van der Waals surface area contributed by atoms with Crippen molar-refractivity contribution in [1.29, 1.82) is 0 Å². The zero-order valence-corrected chi connectivity index (χ0v) is 12.9. The lowest BCUT2D eigenvalue weighted by molar-refractivity contribution is -0.120. The molecule has 3 aromatic rings. The highest BCUT2D eigenvalue weighted by molar-refractivity contribution is 5.78. The van der Waals surface area contributed by atoms with Crippen molar-refractivity contribution in [1.82, 2.24) is 10.3 Å². The van der Waals surface area contributed by atoms with Crippen molar-refractivity contribution in [3.8, 4) is 5.75 Å². The maximum absolute atomic E-state index is 12.0. The van der Waals surface area contributed by atoms with Gasteiger partial charge in [0.15, 0.2) is 12.0 Å². The van der Waals surface area contributed by atoms with Gasteiger partial charge in [-0.1, -0.05) is 18.2 Å². The number of aromatic nitrogens is 1. The predicted octanol–water partition coefficient (Wildman–Crippen LogP) is 2.74. The summed E-state index contributed by atoms with van der Waals surface area (Å²) in [5, 5.41) is 2.93. The van der Waals surface area contributed by atoms with Crippen molar-refractivity contribution in [2.24, 2.45) is 0 Å². The second-order valence-corrected chi connectivity index (χ2v) is 5.28. The summed E-state index contributed by atoms with van der Waals surface area (Å²) in [5.41, 5.74) is 3.65. The van der Waals surface area contributed by atoms with Gasteiger partial charge in [0.25, 0.3) is 0 Å². The summed E-state index contributed by atoms with van der Waals surface area (Å²) in [6.45, 7) is 0.586. The fourth-order valence-corrected chi connectivity index (χ4v) is 2.43. The lowest BCUT2D eigenvalue weighted by Crippen LogP contribution is -2.27. The van der Waals surface area contributed by atoms with Crippen molar-refractivity contribution in [3.05, 3.63) is 60.0 Å². The molecule has 1 amide bonds. The normalized spacial score (nSPS) is 10.7. The third-order valence-electron chi connectivity index (χ3n) is 3.63. The largest absolute Gasteiger partial charge is 0.497 e. The number of nitrogens with zero attached hydrogens (tertiary/aromatic N) is 1. The average molecular weight is 310 g/mol. The first-order valence-corrected chi connectivity index (χ1v) is 7.46. The number of fused-ring (bicyclic) bond motifs is 1. The van der Waals surface area contributed by atoms with E-state index in [9.17, 15) is 4.79 Å². The molecule has 5 heteroatoms. The lowest BCUT2D eigenvalue weighted by Gasteiger charge is -2.07. The van der Waals surface area contributed by atoms with Gasteiger partial charge in [-0.05, 0) is 41.8 Å². The Labute approximate surface area is 134 Å². The second kappa shape index (κ2) is 6.96. The number of rotatable bonds is 6. The molecule has 0 spiro atoms. The van der Waals surface area contributed by atoms with E-state index < -0.39 is 0 Å². The predicted molar refractivity (Wildman–Crippen MR) is 87.4 cm³/mol. The fraction of sp³-hybridized carbons (Fsp3) is 0.222. The molecule has 0 aliphatic heterocycles. The van der Waals surface area contributed by atoms with E-state index in [1.807, 2.05) is 42.5 Å². The molecule has 0 saturated heterocycles. The third kappa shape index (κ3) is 3.88. The highest BCUT2D eigenvalue weighted by Crippen LogP contribution is 2.15. The molecule has 5 nitrogen and oxygen atoms in total. The summed E-state index contributed by atoms with van der Waals surface area (Å²) in [5.74, 6) is 0.759. The summed E-state index contributed by atoms with van der Waals surface area (Å²) in [6.07, 6.45) is 2.53. The molecule has 0 unspecified atom stereocenters. The van der Waals surface area contributed by atoms with Crippen molar-refractivity contribution < 1.29 is 13.9 Å². The first-order valence-electron chi connectivity index (χ1n) is 7.46. The molecule has 2 aromatic carbocycles. The first kappa shape index (κ1) is 15.1. The molecule has 1 N–H and O–H groups in total. The first-order chi connectivity index (χ1) is 11.2. The number of hydrogen-bond acceptors (Lipinski definition) is 4. The monoisotopic (exact) mass is 310 g/mol. The average Bonchev–Trinajstić information content (AvgIpc) is 3.02. The number of methoxy groups -OCH3 is 1. The number of hydrogen-bond donors (Lipinski definition) is 1. The minimum Gasteiger partial charge on any atom is -0.497 e. The van der Waals surface area contributed by atoms with E-state index in [1.165, 1.54) is 6.39 Å². The summed E-state index contributed by atoms with van der Waals surface area (Å²) in [7, 11) is 1.62. The van der Waals surface area contributed by atoms with Crippen LogP contribution in [-0.2, 0) is 17.6 Å². The number of amides is 1. The molecule has 0 saturated carbocycles. The number of oxazole rings is 1. The van der Waals surface area contributed by atoms with Crippen molar-refractivity contribution in [2.75, 3.05) is 13.7 Å².